The molecule has 0 bridgehead atoms. The molecule has 100 valence electrons. The van der Waals surface area contributed by atoms with Gasteiger partial charge in [-0.2, -0.15) is 0 Å². The van der Waals surface area contributed by atoms with Gasteiger partial charge in [-0.25, -0.2) is 0 Å². The zero-order valence-electron chi connectivity index (χ0n) is 11.5. The zero-order chi connectivity index (χ0) is 13.1. The molecule has 1 amide bonds. The number of carbonyl (C=O) groups excluding carboxylic acids is 1. The summed E-state index contributed by atoms with van der Waals surface area (Å²) in [5, 5.41) is 0. The summed E-state index contributed by atoms with van der Waals surface area (Å²) in [4.78, 5) is 18.5. The van der Waals surface area contributed by atoms with Crippen LogP contribution in [0.25, 0.3) is 0 Å². The second kappa shape index (κ2) is 5.85. The summed E-state index contributed by atoms with van der Waals surface area (Å²) in [5.41, 5.74) is 0. The van der Waals surface area contributed by atoms with Crippen LogP contribution in [0.4, 0.5) is 0 Å². The number of nitrogens with zero attached hydrogens (tertiary/aromatic N) is 2. The lowest BCUT2D eigenvalue weighted by molar-refractivity contribution is -0.130. The van der Waals surface area contributed by atoms with Gasteiger partial charge in [0.15, 0.2) is 0 Å². The molecule has 1 saturated heterocycles. The molecule has 18 heavy (non-hydrogen) atoms. The van der Waals surface area contributed by atoms with E-state index in [-0.39, 0.29) is 5.91 Å². The van der Waals surface area contributed by atoms with Crippen LogP contribution in [-0.2, 0) is 11.3 Å². The highest BCUT2D eigenvalue weighted by Gasteiger charge is 2.19. The van der Waals surface area contributed by atoms with E-state index in [1.165, 1.54) is 9.75 Å². The Morgan fingerprint density at radius 3 is 2.44 bits per heavy atom. The standard InChI is InChI=1S/C14H22N2OS/c1-11(2)14-5-4-13(18-14)10-15-6-8-16(9-7-15)12(3)17/h4-5,11H,6-10H2,1-3H3. The monoisotopic (exact) mass is 266 g/mol. The third-order valence-electron chi connectivity index (χ3n) is 3.45. The number of rotatable bonds is 3. The largest absolute Gasteiger partial charge is 0.340 e. The van der Waals surface area contributed by atoms with Crippen LogP contribution in [0, 0.1) is 0 Å². The molecule has 0 saturated carbocycles. The van der Waals surface area contributed by atoms with E-state index >= 15 is 0 Å². The zero-order valence-corrected chi connectivity index (χ0v) is 12.3. The average Bonchev–Trinajstić information content (AvgIpc) is 2.78. The quantitative estimate of drug-likeness (QED) is 0.839. The van der Waals surface area contributed by atoms with E-state index in [4.69, 9.17) is 0 Å². The van der Waals surface area contributed by atoms with E-state index in [0.717, 1.165) is 32.7 Å². The van der Waals surface area contributed by atoms with Crippen LogP contribution in [0.5, 0.6) is 0 Å². The normalized spacial score (nSPS) is 17.4. The molecule has 0 unspecified atom stereocenters. The van der Waals surface area contributed by atoms with E-state index in [9.17, 15) is 4.79 Å². The number of carbonyl (C=O) groups is 1. The molecule has 3 nitrogen and oxygen atoms in total. The molecule has 1 aliphatic rings. The Kier molecular flexibility index (Phi) is 4.40. The van der Waals surface area contributed by atoms with Gasteiger partial charge in [-0.15, -0.1) is 11.3 Å². The van der Waals surface area contributed by atoms with Crippen molar-refractivity contribution in [3.05, 3.63) is 21.9 Å². The van der Waals surface area contributed by atoms with Crippen LogP contribution in [0.15, 0.2) is 12.1 Å². The molecule has 1 aliphatic heterocycles. The van der Waals surface area contributed by atoms with Gasteiger partial charge in [-0.05, 0) is 18.1 Å². The highest BCUT2D eigenvalue weighted by molar-refractivity contribution is 7.12. The van der Waals surface area contributed by atoms with Crippen LogP contribution in [-0.4, -0.2) is 41.9 Å². The molecule has 0 N–H and O–H groups in total. The fourth-order valence-corrected chi connectivity index (χ4v) is 3.29. The maximum absolute atomic E-state index is 11.3. The minimum atomic E-state index is 0.202. The maximum Gasteiger partial charge on any atom is 0.219 e. The highest BCUT2D eigenvalue weighted by Crippen LogP contribution is 2.25. The summed E-state index contributed by atoms with van der Waals surface area (Å²) < 4.78 is 0. The predicted octanol–water partition coefficient (Wildman–Crippen LogP) is 2.54. The van der Waals surface area contributed by atoms with Crippen LogP contribution in [0.2, 0.25) is 0 Å². The molecule has 1 fully saturated rings. The second-order valence-electron chi connectivity index (χ2n) is 5.24. The number of thiophene rings is 1. The van der Waals surface area contributed by atoms with Crippen LogP contribution < -0.4 is 0 Å². The van der Waals surface area contributed by atoms with Crippen molar-refractivity contribution in [3.63, 3.8) is 0 Å². The number of hydrogen-bond acceptors (Lipinski definition) is 3. The summed E-state index contributed by atoms with van der Waals surface area (Å²) in [6.45, 7) is 10.9. The third kappa shape index (κ3) is 3.33. The smallest absolute Gasteiger partial charge is 0.219 e. The third-order valence-corrected chi connectivity index (χ3v) is 4.82. The fraction of sp³-hybridized carbons (Fsp3) is 0.643. The van der Waals surface area contributed by atoms with Crippen LogP contribution >= 0.6 is 11.3 Å². The van der Waals surface area contributed by atoms with Crippen molar-refractivity contribution in [2.24, 2.45) is 0 Å². The first-order valence-corrected chi connectivity index (χ1v) is 7.44. The Morgan fingerprint density at radius 1 is 1.28 bits per heavy atom. The van der Waals surface area contributed by atoms with Crippen molar-refractivity contribution >= 4 is 17.2 Å². The van der Waals surface area contributed by atoms with Gasteiger partial charge in [0.05, 0.1) is 0 Å². The molecule has 0 atom stereocenters. The summed E-state index contributed by atoms with van der Waals surface area (Å²) in [6, 6.07) is 4.49. The molecule has 0 aliphatic carbocycles. The summed E-state index contributed by atoms with van der Waals surface area (Å²) >= 11 is 1.92. The lowest BCUT2D eigenvalue weighted by Gasteiger charge is -2.33. The van der Waals surface area contributed by atoms with Gasteiger partial charge in [-0.3, -0.25) is 9.69 Å². The van der Waals surface area contributed by atoms with Gasteiger partial charge < -0.3 is 4.90 Å². The minimum Gasteiger partial charge on any atom is -0.340 e. The minimum absolute atomic E-state index is 0.202. The first-order chi connectivity index (χ1) is 8.56. The Balaban J connectivity index is 1.85. The van der Waals surface area contributed by atoms with E-state index < -0.39 is 0 Å². The van der Waals surface area contributed by atoms with Crippen molar-refractivity contribution in [2.45, 2.75) is 33.2 Å². The lowest BCUT2D eigenvalue weighted by atomic mass is 10.2. The Labute approximate surface area is 113 Å². The highest BCUT2D eigenvalue weighted by atomic mass is 32.1. The Hall–Kier alpha value is -0.870. The number of hydrogen-bond donors (Lipinski definition) is 0. The lowest BCUT2D eigenvalue weighted by Crippen LogP contribution is -2.47. The second-order valence-corrected chi connectivity index (χ2v) is 6.44. The van der Waals surface area contributed by atoms with Crippen molar-refractivity contribution < 1.29 is 4.79 Å². The topological polar surface area (TPSA) is 23.6 Å². The van der Waals surface area contributed by atoms with Gasteiger partial charge in [-0.1, -0.05) is 13.8 Å². The fourth-order valence-electron chi connectivity index (χ4n) is 2.23. The molecule has 0 aromatic carbocycles. The van der Waals surface area contributed by atoms with Gasteiger partial charge >= 0.3 is 0 Å². The molecular formula is C14H22N2OS. The van der Waals surface area contributed by atoms with E-state index in [1.54, 1.807) is 6.92 Å². The molecule has 1 aromatic heterocycles. The predicted molar refractivity (Wildman–Crippen MR) is 75.9 cm³/mol. The van der Waals surface area contributed by atoms with Gasteiger partial charge in [0.2, 0.25) is 5.91 Å². The van der Waals surface area contributed by atoms with Crippen molar-refractivity contribution in [3.8, 4) is 0 Å². The summed E-state index contributed by atoms with van der Waals surface area (Å²) in [7, 11) is 0. The number of piperazine rings is 1. The summed E-state index contributed by atoms with van der Waals surface area (Å²) in [5.74, 6) is 0.825. The molecule has 4 heteroatoms. The Morgan fingerprint density at radius 2 is 1.94 bits per heavy atom. The van der Waals surface area contributed by atoms with Crippen LogP contribution in [0.3, 0.4) is 0 Å². The molecule has 0 radical (unpaired) electrons. The Bertz CT molecular complexity index is 406. The molecule has 0 spiro atoms. The average molecular weight is 266 g/mol. The molecule has 2 rings (SSSR count). The molecule has 2 heterocycles. The van der Waals surface area contributed by atoms with Gasteiger partial charge in [0.1, 0.15) is 0 Å². The molecule has 1 aromatic rings. The van der Waals surface area contributed by atoms with Gasteiger partial charge in [0.25, 0.3) is 0 Å². The first kappa shape index (κ1) is 13.6. The van der Waals surface area contributed by atoms with E-state index in [1.807, 2.05) is 16.2 Å². The van der Waals surface area contributed by atoms with Crippen molar-refractivity contribution in [1.82, 2.24) is 9.80 Å². The maximum atomic E-state index is 11.3. The van der Waals surface area contributed by atoms with Crippen LogP contribution in [0.1, 0.15) is 36.4 Å². The van der Waals surface area contributed by atoms with Crippen molar-refractivity contribution in [1.29, 1.82) is 0 Å². The summed E-state index contributed by atoms with van der Waals surface area (Å²) in [6.07, 6.45) is 0. The van der Waals surface area contributed by atoms with Crippen molar-refractivity contribution in [2.75, 3.05) is 26.2 Å². The molecular weight excluding hydrogens is 244 g/mol. The SMILES string of the molecule is CC(=O)N1CCN(Cc2ccc(C(C)C)s2)CC1. The number of amides is 1. The van der Waals surface area contributed by atoms with E-state index in [0.29, 0.717) is 5.92 Å². The van der Waals surface area contributed by atoms with Gasteiger partial charge in [0, 0.05) is 49.4 Å². The van der Waals surface area contributed by atoms with E-state index in [2.05, 4.69) is 30.9 Å². The first-order valence-electron chi connectivity index (χ1n) is 6.62.